The number of amides is 1. The van der Waals surface area contributed by atoms with E-state index in [2.05, 4.69) is 47.0 Å². The Morgan fingerprint density at radius 3 is 2.35 bits per heavy atom. The van der Waals surface area contributed by atoms with Crippen LogP contribution in [0.4, 0.5) is 11.4 Å². The molecule has 2 heterocycles. The van der Waals surface area contributed by atoms with Crippen molar-refractivity contribution >= 4 is 27.3 Å². The lowest BCUT2D eigenvalue weighted by Gasteiger charge is -2.37. The van der Waals surface area contributed by atoms with Crippen molar-refractivity contribution in [3.05, 3.63) is 89.0 Å². The molecule has 1 atom stereocenters. The lowest BCUT2D eigenvalue weighted by atomic mass is 10.1. The van der Waals surface area contributed by atoms with E-state index in [0.29, 0.717) is 24.3 Å². The lowest BCUT2D eigenvalue weighted by Crippen LogP contribution is -2.49. The first-order valence-corrected chi connectivity index (χ1v) is 12.9. The van der Waals surface area contributed by atoms with Gasteiger partial charge in [0.2, 0.25) is 10.0 Å². The first kappa shape index (κ1) is 22.4. The molecule has 3 aromatic rings. The fourth-order valence-corrected chi connectivity index (χ4v) is 5.89. The molecule has 2 aliphatic heterocycles. The van der Waals surface area contributed by atoms with E-state index in [-0.39, 0.29) is 10.8 Å². The molecule has 0 aromatic heterocycles. The number of carbonyl (C=O) groups is 1. The predicted octanol–water partition coefficient (Wildman–Crippen LogP) is 3.67. The molecule has 3 aromatic carbocycles. The normalized spacial score (nSPS) is 19.3. The standard InChI is InChI=1S/C26H28N4O3S/c1-18-7-8-19(2)23(17-18)29-13-15-30(16-14-29)26(31)21-11-9-20(10-12-21)25-27-22-5-3-4-6-24(22)34(32,33)28-25/h3-12,17,25,27-28H,13-16H2,1-2H3/t25-/m1/s1. The molecule has 2 aliphatic rings. The minimum absolute atomic E-state index is 0.00491. The molecule has 0 saturated carbocycles. The average molecular weight is 477 g/mol. The molecule has 5 rings (SSSR count). The number of sulfonamides is 1. The summed E-state index contributed by atoms with van der Waals surface area (Å²) in [6, 6.07) is 20.4. The van der Waals surface area contributed by atoms with Crippen LogP contribution in [0.25, 0.3) is 0 Å². The molecule has 1 saturated heterocycles. The smallest absolute Gasteiger partial charge is 0.253 e. The van der Waals surface area contributed by atoms with E-state index >= 15 is 0 Å². The molecular formula is C26H28N4O3S. The Hall–Kier alpha value is -3.36. The van der Waals surface area contributed by atoms with Crippen LogP contribution in [0.2, 0.25) is 0 Å². The highest BCUT2D eigenvalue weighted by molar-refractivity contribution is 7.89. The molecule has 0 unspecified atom stereocenters. The van der Waals surface area contributed by atoms with Crippen molar-refractivity contribution in [1.82, 2.24) is 9.62 Å². The fourth-order valence-electron chi connectivity index (χ4n) is 4.59. The van der Waals surface area contributed by atoms with Crippen LogP contribution in [0.3, 0.4) is 0 Å². The summed E-state index contributed by atoms with van der Waals surface area (Å²) in [5.74, 6) is -0.00491. The summed E-state index contributed by atoms with van der Waals surface area (Å²) in [6.07, 6.45) is -0.592. The molecular weight excluding hydrogens is 448 g/mol. The number of benzene rings is 3. The fraction of sp³-hybridized carbons (Fsp3) is 0.269. The van der Waals surface area contributed by atoms with Gasteiger partial charge in [0.1, 0.15) is 11.1 Å². The van der Waals surface area contributed by atoms with Crippen LogP contribution < -0.4 is 14.9 Å². The third kappa shape index (κ3) is 4.26. The highest BCUT2D eigenvalue weighted by atomic mass is 32.2. The van der Waals surface area contributed by atoms with Crippen LogP contribution in [0, 0.1) is 13.8 Å². The van der Waals surface area contributed by atoms with E-state index in [4.69, 9.17) is 0 Å². The summed E-state index contributed by atoms with van der Waals surface area (Å²) in [6.45, 7) is 7.12. The van der Waals surface area contributed by atoms with E-state index in [1.807, 2.05) is 4.90 Å². The van der Waals surface area contributed by atoms with Gasteiger partial charge in [-0.15, -0.1) is 0 Å². The first-order valence-electron chi connectivity index (χ1n) is 11.4. The zero-order valence-electron chi connectivity index (χ0n) is 19.3. The van der Waals surface area contributed by atoms with E-state index in [1.54, 1.807) is 48.5 Å². The number of hydrogen-bond donors (Lipinski definition) is 2. The number of fused-ring (bicyclic) bond motifs is 1. The number of carbonyl (C=O) groups excluding carboxylic acids is 1. The van der Waals surface area contributed by atoms with Gasteiger partial charge in [0.15, 0.2) is 0 Å². The van der Waals surface area contributed by atoms with Gasteiger partial charge >= 0.3 is 0 Å². The van der Waals surface area contributed by atoms with Crippen LogP contribution >= 0.6 is 0 Å². The van der Waals surface area contributed by atoms with Gasteiger partial charge in [-0.05, 0) is 60.9 Å². The van der Waals surface area contributed by atoms with Gasteiger partial charge in [-0.2, -0.15) is 4.72 Å². The molecule has 0 bridgehead atoms. The van der Waals surface area contributed by atoms with E-state index in [0.717, 1.165) is 18.7 Å². The highest BCUT2D eigenvalue weighted by Gasteiger charge is 2.30. The Morgan fingerprint density at radius 2 is 1.62 bits per heavy atom. The second-order valence-corrected chi connectivity index (χ2v) is 10.6. The zero-order chi connectivity index (χ0) is 23.9. The topological polar surface area (TPSA) is 81.8 Å². The molecule has 1 amide bonds. The van der Waals surface area contributed by atoms with Crippen LogP contribution in [-0.4, -0.2) is 45.4 Å². The van der Waals surface area contributed by atoms with Gasteiger partial charge in [0.05, 0.1) is 5.69 Å². The minimum Gasteiger partial charge on any atom is -0.368 e. The van der Waals surface area contributed by atoms with Crippen molar-refractivity contribution in [2.24, 2.45) is 0 Å². The van der Waals surface area contributed by atoms with Crippen molar-refractivity contribution in [1.29, 1.82) is 0 Å². The maximum atomic E-state index is 13.1. The number of nitrogens with zero attached hydrogens (tertiary/aromatic N) is 2. The summed E-state index contributed by atoms with van der Waals surface area (Å²) in [5, 5.41) is 3.22. The van der Waals surface area contributed by atoms with Crippen molar-refractivity contribution in [3.8, 4) is 0 Å². The third-order valence-electron chi connectivity index (χ3n) is 6.51. The molecule has 2 N–H and O–H groups in total. The number of para-hydroxylation sites is 1. The van der Waals surface area contributed by atoms with Crippen LogP contribution in [-0.2, 0) is 10.0 Å². The molecule has 8 heteroatoms. The third-order valence-corrected chi connectivity index (χ3v) is 7.99. The largest absolute Gasteiger partial charge is 0.368 e. The molecule has 34 heavy (non-hydrogen) atoms. The molecule has 7 nitrogen and oxygen atoms in total. The first-order chi connectivity index (χ1) is 16.3. The summed E-state index contributed by atoms with van der Waals surface area (Å²) < 4.78 is 27.8. The van der Waals surface area contributed by atoms with Gasteiger partial charge in [-0.3, -0.25) is 4.79 Å². The van der Waals surface area contributed by atoms with E-state index < -0.39 is 16.2 Å². The van der Waals surface area contributed by atoms with Crippen molar-refractivity contribution in [2.45, 2.75) is 24.9 Å². The van der Waals surface area contributed by atoms with E-state index in [1.165, 1.54) is 16.8 Å². The summed E-state index contributed by atoms with van der Waals surface area (Å²) in [4.78, 5) is 17.6. The summed E-state index contributed by atoms with van der Waals surface area (Å²) in [7, 11) is -3.61. The Bertz CT molecular complexity index is 1330. The van der Waals surface area contributed by atoms with Crippen LogP contribution in [0.5, 0.6) is 0 Å². The highest BCUT2D eigenvalue weighted by Crippen LogP contribution is 2.31. The number of hydrogen-bond acceptors (Lipinski definition) is 5. The van der Waals surface area contributed by atoms with Crippen LogP contribution in [0.1, 0.15) is 33.2 Å². The molecule has 0 spiro atoms. The Kier molecular flexibility index (Phi) is 5.79. The number of piperazine rings is 1. The van der Waals surface area contributed by atoms with Gasteiger partial charge in [-0.1, -0.05) is 36.4 Å². The Balaban J connectivity index is 1.26. The molecule has 176 valence electrons. The number of anilines is 2. The molecule has 1 fully saturated rings. The maximum absolute atomic E-state index is 13.1. The second-order valence-electron chi connectivity index (χ2n) is 8.89. The Labute approximate surface area is 200 Å². The lowest BCUT2D eigenvalue weighted by molar-refractivity contribution is 0.0746. The van der Waals surface area contributed by atoms with Gasteiger partial charge in [0, 0.05) is 37.4 Å². The van der Waals surface area contributed by atoms with Gasteiger partial charge in [0.25, 0.3) is 5.91 Å². The Morgan fingerprint density at radius 1 is 0.912 bits per heavy atom. The maximum Gasteiger partial charge on any atom is 0.253 e. The average Bonchev–Trinajstić information content (AvgIpc) is 2.85. The molecule has 0 aliphatic carbocycles. The molecule has 0 radical (unpaired) electrons. The van der Waals surface area contributed by atoms with Crippen molar-refractivity contribution in [2.75, 3.05) is 36.4 Å². The number of nitrogens with one attached hydrogen (secondary N) is 2. The second kappa shape index (κ2) is 8.77. The van der Waals surface area contributed by atoms with Gasteiger partial charge in [-0.25, -0.2) is 8.42 Å². The quantitative estimate of drug-likeness (QED) is 0.603. The number of rotatable bonds is 3. The van der Waals surface area contributed by atoms with Crippen molar-refractivity contribution < 1.29 is 13.2 Å². The summed E-state index contributed by atoms with van der Waals surface area (Å²) in [5.41, 5.74) is 5.62. The minimum atomic E-state index is -3.61. The number of aryl methyl sites for hydroxylation is 2. The van der Waals surface area contributed by atoms with Crippen LogP contribution in [0.15, 0.2) is 71.6 Å². The SMILES string of the molecule is Cc1ccc(C)c(N2CCN(C(=O)c3ccc([C@@H]4Nc5ccccc5S(=O)(=O)N4)cc3)CC2)c1. The zero-order valence-corrected chi connectivity index (χ0v) is 20.1. The van der Waals surface area contributed by atoms with E-state index in [9.17, 15) is 13.2 Å². The monoisotopic (exact) mass is 476 g/mol. The van der Waals surface area contributed by atoms with Crippen molar-refractivity contribution in [3.63, 3.8) is 0 Å². The van der Waals surface area contributed by atoms with Gasteiger partial charge < -0.3 is 15.1 Å². The predicted molar refractivity (Wildman–Crippen MR) is 134 cm³/mol. The summed E-state index contributed by atoms with van der Waals surface area (Å²) >= 11 is 0.